The average Bonchev–Trinajstić information content (AvgIpc) is 2.67. The Labute approximate surface area is 168 Å². The van der Waals surface area contributed by atoms with Crippen molar-refractivity contribution in [1.82, 2.24) is 0 Å². The molecule has 1 atom stereocenters. The molecule has 0 aliphatic carbocycles. The van der Waals surface area contributed by atoms with Crippen molar-refractivity contribution >= 4 is 0 Å². The highest BCUT2D eigenvalue weighted by Gasteiger charge is 1.98. The Morgan fingerprint density at radius 1 is 0.704 bits per heavy atom. The van der Waals surface area contributed by atoms with Crippen molar-refractivity contribution in [2.75, 3.05) is 6.61 Å². The van der Waals surface area contributed by atoms with Crippen molar-refractivity contribution < 1.29 is 10.2 Å². The maximum Gasteiger partial charge on any atom is 0.115 e. The molecule has 0 saturated heterocycles. The Morgan fingerprint density at radius 3 is 1.78 bits per heavy atom. The second-order valence-electron chi connectivity index (χ2n) is 7.33. The molecule has 0 amide bonds. The van der Waals surface area contributed by atoms with E-state index in [4.69, 9.17) is 5.11 Å². The van der Waals surface area contributed by atoms with Crippen LogP contribution in [0.5, 0.6) is 0 Å². The highest BCUT2D eigenvalue weighted by molar-refractivity contribution is 5.27. The normalized spacial score (nSPS) is 11.7. The van der Waals surface area contributed by atoms with Gasteiger partial charge in [-0.1, -0.05) is 95.1 Å². The van der Waals surface area contributed by atoms with Crippen LogP contribution < -0.4 is 0 Å². The van der Waals surface area contributed by atoms with Gasteiger partial charge in [0.2, 0.25) is 0 Å². The van der Waals surface area contributed by atoms with Crippen LogP contribution >= 0.6 is 0 Å². The van der Waals surface area contributed by atoms with E-state index >= 15 is 0 Å². The maximum atomic E-state index is 9.66. The molecule has 0 aromatic rings. The minimum atomic E-state index is -0.582. The van der Waals surface area contributed by atoms with Gasteiger partial charge in [0, 0.05) is 0 Å². The molecule has 2 N–H and O–H groups in total. The molecule has 0 aromatic heterocycles. The summed E-state index contributed by atoms with van der Waals surface area (Å²) in [5.41, 5.74) is 0. The van der Waals surface area contributed by atoms with Crippen LogP contribution in [0.3, 0.4) is 0 Å². The van der Waals surface area contributed by atoms with E-state index in [0.717, 1.165) is 12.8 Å². The van der Waals surface area contributed by atoms with E-state index in [9.17, 15) is 5.11 Å². The van der Waals surface area contributed by atoms with Gasteiger partial charge >= 0.3 is 0 Å². The summed E-state index contributed by atoms with van der Waals surface area (Å²) >= 11 is 0. The van der Waals surface area contributed by atoms with Gasteiger partial charge in [-0.05, 0) is 50.4 Å². The van der Waals surface area contributed by atoms with Crippen molar-refractivity contribution in [2.45, 2.75) is 116 Å². The lowest BCUT2D eigenvalue weighted by molar-refractivity contribution is 0.217. The predicted octanol–water partition coefficient (Wildman–Crippen LogP) is 6.16. The van der Waals surface area contributed by atoms with Crippen LogP contribution in [-0.2, 0) is 0 Å². The fourth-order valence-corrected chi connectivity index (χ4v) is 3.04. The van der Waals surface area contributed by atoms with Crippen LogP contribution in [-0.4, -0.2) is 22.9 Å². The first-order chi connectivity index (χ1) is 13.3. The molecule has 1 unspecified atom stereocenters. The predicted molar refractivity (Wildman–Crippen MR) is 117 cm³/mol. The molecule has 2 heteroatoms. The molecule has 0 aliphatic rings. The zero-order chi connectivity index (χ0) is 19.8. The fourth-order valence-electron chi connectivity index (χ4n) is 3.04. The van der Waals surface area contributed by atoms with Gasteiger partial charge in [-0.2, -0.15) is 0 Å². The second-order valence-corrected chi connectivity index (χ2v) is 7.33. The summed E-state index contributed by atoms with van der Waals surface area (Å²) in [6.07, 6.45) is 24.4. The first-order valence-corrected chi connectivity index (χ1v) is 11.2. The number of unbranched alkanes of at least 4 members (excludes halogenated alkanes) is 13. The van der Waals surface area contributed by atoms with Gasteiger partial charge in [0.25, 0.3) is 0 Å². The largest absolute Gasteiger partial charge is 0.384 e. The molecule has 2 nitrogen and oxygen atoms in total. The van der Waals surface area contributed by atoms with Crippen molar-refractivity contribution in [1.29, 1.82) is 0 Å². The average molecular weight is 375 g/mol. The molecule has 0 fully saturated rings. The second kappa shape index (κ2) is 22.8. The van der Waals surface area contributed by atoms with Gasteiger partial charge in [-0.25, -0.2) is 0 Å². The van der Waals surface area contributed by atoms with Crippen molar-refractivity contribution in [3.63, 3.8) is 0 Å². The number of hydrogen-bond donors (Lipinski definition) is 2. The molecular formula is C25H42O2. The molecule has 0 aromatic carbocycles. The van der Waals surface area contributed by atoms with Gasteiger partial charge < -0.3 is 10.2 Å². The smallest absolute Gasteiger partial charge is 0.115 e. The minimum Gasteiger partial charge on any atom is -0.384 e. The van der Waals surface area contributed by atoms with Crippen LogP contribution in [0, 0.1) is 23.7 Å². The molecule has 0 radical (unpaired) electrons. The van der Waals surface area contributed by atoms with E-state index in [0.29, 0.717) is 0 Å². The molecule has 0 heterocycles. The molecule has 154 valence electrons. The fraction of sp³-hybridized carbons (Fsp3) is 0.760. The quantitative estimate of drug-likeness (QED) is 0.182. The lowest BCUT2D eigenvalue weighted by Crippen LogP contribution is -2.01. The van der Waals surface area contributed by atoms with Crippen molar-refractivity contribution in [3.8, 4) is 23.7 Å². The van der Waals surface area contributed by atoms with Crippen LogP contribution in [0.4, 0.5) is 0 Å². The Balaban J connectivity index is 3.26. The van der Waals surface area contributed by atoms with Gasteiger partial charge in [0.05, 0.1) is 0 Å². The Hall–Kier alpha value is -1.22. The third-order valence-corrected chi connectivity index (χ3v) is 4.71. The third kappa shape index (κ3) is 22.7. The molecule has 0 saturated carbocycles. The minimum absolute atomic E-state index is 0.180. The topological polar surface area (TPSA) is 40.5 Å². The number of hydrogen-bond acceptors (Lipinski definition) is 2. The zero-order valence-electron chi connectivity index (χ0n) is 17.6. The molecule has 0 rings (SSSR count). The van der Waals surface area contributed by atoms with E-state index in [2.05, 4.69) is 42.8 Å². The van der Waals surface area contributed by atoms with E-state index in [1.165, 1.54) is 89.9 Å². The highest BCUT2D eigenvalue weighted by Crippen LogP contribution is 2.11. The third-order valence-electron chi connectivity index (χ3n) is 4.71. The maximum absolute atomic E-state index is 9.66. The van der Waals surface area contributed by atoms with Gasteiger partial charge in [-0.3, -0.25) is 0 Å². The molecular weight excluding hydrogens is 332 g/mol. The number of aliphatic hydroxyl groups excluding tert-OH is 2. The molecule has 0 aliphatic heterocycles. The first-order valence-electron chi connectivity index (χ1n) is 11.2. The first kappa shape index (κ1) is 25.8. The SMILES string of the molecule is CCCCCCCCC=CCCCCCCCCCC(O)C#CC#CCO. The summed E-state index contributed by atoms with van der Waals surface area (Å²) in [6, 6.07) is 0. The summed E-state index contributed by atoms with van der Waals surface area (Å²) in [4.78, 5) is 0. The van der Waals surface area contributed by atoms with Crippen LogP contribution in [0.1, 0.15) is 110 Å². The number of rotatable bonds is 17. The summed E-state index contributed by atoms with van der Waals surface area (Å²) in [5, 5.41) is 18.2. The number of aliphatic hydroxyl groups is 2. The summed E-state index contributed by atoms with van der Waals surface area (Å²) in [5.74, 6) is 10.2. The van der Waals surface area contributed by atoms with Crippen molar-refractivity contribution in [3.05, 3.63) is 12.2 Å². The van der Waals surface area contributed by atoms with E-state index in [1.807, 2.05) is 0 Å². The Kier molecular flexibility index (Phi) is 21.8. The monoisotopic (exact) mass is 374 g/mol. The summed E-state index contributed by atoms with van der Waals surface area (Å²) in [7, 11) is 0. The summed E-state index contributed by atoms with van der Waals surface area (Å²) < 4.78 is 0. The molecule has 27 heavy (non-hydrogen) atoms. The Morgan fingerprint density at radius 2 is 1.22 bits per heavy atom. The molecule has 0 spiro atoms. The zero-order valence-corrected chi connectivity index (χ0v) is 17.6. The lowest BCUT2D eigenvalue weighted by atomic mass is 10.1. The van der Waals surface area contributed by atoms with Crippen molar-refractivity contribution in [2.24, 2.45) is 0 Å². The number of allylic oxidation sites excluding steroid dienone is 2. The van der Waals surface area contributed by atoms with Gasteiger partial charge in [0.15, 0.2) is 0 Å². The Bertz CT molecular complexity index is 444. The van der Waals surface area contributed by atoms with Crippen LogP contribution in [0.15, 0.2) is 12.2 Å². The molecule has 0 bridgehead atoms. The van der Waals surface area contributed by atoms with E-state index in [-0.39, 0.29) is 6.61 Å². The van der Waals surface area contributed by atoms with Gasteiger partial charge in [-0.15, -0.1) is 0 Å². The standard InChI is InChI=1S/C25H42O2/c1-2-3-4-5-6-7-8-9-10-11-12-13-14-15-16-17-19-22-25(27)23-20-18-21-24-26/h9-10,25-27H,2-8,11-17,19,22,24H2,1H3. The summed E-state index contributed by atoms with van der Waals surface area (Å²) in [6.45, 7) is 2.09. The van der Waals surface area contributed by atoms with Crippen LogP contribution in [0.25, 0.3) is 0 Å². The van der Waals surface area contributed by atoms with E-state index < -0.39 is 6.10 Å². The van der Waals surface area contributed by atoms with Crippen LogP contribution in [0.2, 0.25) is 0 Å². The lowest BCUT2D eigenvalue weighted by Gasteiger charge is -2.03. The van der Waals surface area contributed by atoms with Gasteiger partial charge in [0.1, 0.15) is 12.7 Å². The van der Waals surface area contributed by atoms with E-state index in [1.54, 1.807) is 0 Å². The highest BCUT2D eigenvalue weighted by atomic mass is 16.3.